The minimum Gasteiger partial charge on any atom is -0.458 e. The van der Waals surface area contributed by atoms with Crippen molar-refractivity contribution >= 4 is 72.5 Å². The first-order chi connectivity index (χ1) is 31.8. The Bertz CT molecular complexity index is 3530. The highest BCUT2D eigenvalue weighted by atomic mass is 16.5. The summed E-state index contributed by atoms with van der Waals surface area (Å²) in [5.74, 6) is 3.33. The van der Waals surface area contributed by atoms with Crippen molar-refractivity contribution in [2.75, 3.05) is 4.90 Å². The Balaban J connectivity index is 1.02. The van der Waals surface area contributed by atoms with Gasteiger partial charge in [0.05, 0.1) is 0 Å². The predicted octanol–water partition coefficient (Wildman–Crippen LogP) is 14.3. The smallest absolute Gasteiger partial charge is 0.260 e. The first-order valence-electron chi connectivity index (χ1n) is 21.9. The van der Waals surface area contributed by atoms with Gasteiger partial charge in [0, 0.05) is 28.6 Å². The first-order valence-corrected chi connectivity index (χ1v) is 21.9. The maximum Gasteiger partial charge on any atom is 0.260 e. The first kappa shape index (κ1) is 36.3. The second-order valence-electron chi connectivity index (χ2n) is 16.7. The Kier molecular flexibility index (Phi) is 8.32. The van der Waals surface area contributed by atoms with Crippen LogP contribution in [-0.2, 0) is 0 Å². The zero-order valence-electron chi connectivity index (χ0n) is 34.8. The highest BCUT2D eigenvalue weighted by Gasteiger charge is 2.41. The van der Waals surface area contributed by atoms with Crippen molar-refractivity contribution in [3.8, 4) is 56.4 Å². The molecule has 0 bridgehead atoms. The molecule has 0 N–H and O–H groups in total. The Hall–Kier alpha value is -8.34. The maximum absolute atomic E-state index is 7.17. The molecule has 2 aliphatic rings. The van der Waals surface area contributed by atoms with E-state index in [1.807, 2.05) is 0 Å². The van der Waals surface area contributed by atoms with Crippen LogP contribution in [0.1, 0.15) is 0 Å². The molecular weight excluding hydrogens is 777 g/mol. The SMILES string of the molecule is c1ccc(-c2ccc(-c3c4ccccc4c(-c4cc5c6c(c4)Oc4cc(N(c7ccccc7)c7ccccc7)ccc4B6c4ccccc4O5)c4ccccc34)c3ccccc23)cc1. The van der Waals surface area contributed by atoms with E-state index in [2.05, 4.69) is 235 Å². The van der Waals surface area contributed by atoms with Crippen LogP contribution in [0.2, 0.25) is 0 Å². The molecule has 0 atom stereocenters. The van der Waals surface area contributed by atoms with Crippen molar-refractivity contribution in [3.05, 3.63) is 231 Å². The summed E-state index contributed by atoms with van der Waals surface area (Å²) in [6, 6.07) is 82.6. The van der Waals surface area contributed by atoms with E-state index in [0.717, 1.165) is 67.6 Å². The van der Waals surface area contributed by atoms with Crippen LogP contribution >= 0.6 is 0 Å². The highest BCUT2D eigenvalue weighted by Crippen LogP contribution is 2.49. The van der Waals surface area contributed by atoms with Crippen LogP contribution in [0.25, 0.3) is 65.7 Å². The molecule has 0 aromatic heterocycles. The number of ether oxygens (including phenoxy) is 2. The summed E-state index contributed by atoms with van der Waals surface area (Å²) < 4.78 is 14.1. The van der Waals surface area contributed by atoms with Gasteiger partial charge in [-0.2, -0.15) is 0 Å². The van der Waals surface area contributed by atoms with Gasteiger partial charge in [-0.25, -0.2) is 0 Å². The van der Waals surface area contributed by atoms with Crippen molar-refractivity contribution < 1.29 is 9.47 Å². The van der Waals surface area contributed by atoms with Gasteiger partial charge in [-0.3, -0.25) is 0 Å². The fourth-order valence-electron chi connectivity index (χ4n) is 10.4. The standard InChI is InChI=1S/C60H38BNO2/c1-4-18-39(19-5-1)44-33-34-51(46-25-11-10-24-45(44)46)59-49-28-14-12-26-47(49)58(48-27-13-15-29-50(48)59)40-36-56-60-57(37-40)64-55-38-43(32-35-53(55)61(60)52-30-16-17-31-54(52)63-56)62(41-20-6-2-7-21-41)42-22-8-3-9-23-42/h1-38H. The number of rotatable bonds is 6. The molecule has 2 aliphatic heterocycles. The van der Waals surface area contributed by atoms with Gasteiger partial charge in [0.1, 0.15) is 23.0 Å². The maximum atomic E-state index is 7.17. The molecule has 0 fully saturated rings. The van der Waals surface area contributed by atoms with E-state index in [4.69, 9.17) is 9.47 Å². The van der Waals surface area contributed by atoms with Crippen molar-refractivity contribution in [3.63, 3.8) is 0 Å². The zero-order chi connectivity index (χ0) is 42.1. The van der Waals surface area contributed by atoms with Crippen LogP contribution in [0, 0.1) is 0 Å². The van der Waals surface area contributed by atoms with Crippen molar-refractivity contribution in [2.45, 2.75) is 0 Å². The average molecular weight is 816 g/mol. The minimum absolute atomic E-state index is 0.0632. The molecule has 0 spiro atoms. The lowest BCUT2D eigenvalue weighted by molar-refractivity contribution is 0.465. The summed E-state index contributed by atoms with van der Waals surface area (Å²) in [5.41, 5.74) is 13.6. The Morgan fingerprint density at radius 1 is 0.297 bits per heavy atom. The number of anilines is 3. The molecule has 64 heavy (non-hydrogen) atoms. The Morgan fingerprint density at radius 3 is 1.39 bits per heavy atom. The lowest BCUT2D eigenvalue weighted by atomic mass is 9.35. The number of hydrogen-bond acceptors (Lipinski definition) is 3. The molecular formula is C60H38BNO2. The molecule has 3 nitrogen and oxygen atoms in total. The zero-order valence-corrected chi connectivity index (χ0v) is 34.8. The molecule has 0 amide bonds. The third-order valence-corrected chi connectivity index (χ3v) is 13.2. The lowest BCUT2D eigenvalue weighted by Crippen LogP contribution is -2.57. The topological polar surface area (TPSA) is 21.7 Å². The van der Waals surface area contributed by atoms with E-state index in [-0.39, 0.29) is 6.71 Å². The molecule has 0 aliphatic carbocycles. The van der Waals surface area contributed by atoms with Gasteiger partial charge in [-0.15, -0.1) is 0 Å². The molecule has 298 valence electrons. The van der Waals surface area contributed by atoms with Gasteiger partial charge in [0.2, 0.25) is 0 Å². The van der Waals surface area contributed by atoms with E-state index in [9.17, 15) is 0 Å². The van der Waals surface area contributed by atoms with E-state index in [1.54, 1.807) is 0 Å². The molecule has 0 unspecified atom stereocenters. The minimum atomic E-state index is -0.0632. The van der Waals surface area contributed by atoms with Crippen LogP contribution < -0.4 is 30.8 Å². The molecule has 2 heterocycles. The molecule has 13 rings (SSSR count). The monoisotopic (exact) mass is 815 g/mol. The van der Waals surface area contributed by atoms with Crippen LogP contribution in [0.3, 0.4) is 0 Å². The van der Waals surface area contributed by atoms with Crippen molar-refractivity contribution in [2.24, 2.45) is 0 Å². The summed E-state index contributed by atoms with van der Waals surface area (Å²) in [5, 5.41) is 7.21. The lowest BCUT2D eigenvalue weighted by Gasteiger charge is -2.34. The average Bonchev–Trinajstić information content (AvgIpc) is 3.36. The summed E-state index contributed by atoms with van der Waals surface area (Å²) in [6.45, 7) is -0.0632. The molecule has 4 heteroatoms. The van der Waals surface area contributed by atoms with Crippen LogP contribution in [0.15, 0.2) is 231 Å². The number of benzene rings is 11. The summed E-state index contributed by atoms with van der Waals surface area (Å²) in [6.07, 6.45) is 0. The third-order valence-electron chi connectivity index (χ3n) is 13.2. The Labute approximate surface area is 372 Å². The van der Waals surface area contributed by atoms with Gasteiger partial charge < -0.3 is 14.4 Å². The number of nitrogens with zero attached hydrogens (tertiary/aromatic N) is 1. The third kappa shape index (κ3) is 5.70. The molecule has 0 radical (unpaired) electrons. The largest absolute Gasteiger partial charge is 0.458 e. The molecule has 11 aromatic carbocycles. The molecule has 11 aromatic rings. The van der Waals surface area contributed by atoms with E-state index in [0.29, 0.717) is 0 Å². The van der Waals surface area contributed by atoms with Gasteiger partial charge >= 0.3 is 0 Å². The normalized spacial score (nSPS) is 12.3. The fourth-order valence-corrected chi connectivity index (χ4v) is 10.4. The van der Waals surface area contributed by atoms with Crippen LogP contribution in [0.5, 0.6) is 23.0 Å². The summed E-state index contributed by atoms with van der Waals surface area (Å²) in [4.78, 5) is 2.29. The van der Waals surface area contributed by atoms with Crippen LogP contribution in [0.4, 0.5) is 17.1 Å². The highest BCUT2D eigenvalue weighted by molar-refractivity contribution is 6.98. The van der Waals surface area contributed by atoms with E-state index in [1.165, 1.54) is 54.6 Å². The second-order valence-corrected chi connectivity index (χ2v) is 16.7. The van der Waals surface area contributed by atoms with E-state index < -0.39 is 0 Å². The fraction of sp³-hybridized carbons (Fsp3) is 0. The molecule has 0 saturated carbocycles. The Morgan fingerprint density at radius 2 is 0.766 bits per heavy atom. The number of para-hydroxylation sites is 3. The number of hydrogen-bond donors (Lipinski definition) is 0. The second kappa shape index (κ2) is 14.6. The van der Waals surface area contributed by atoms with Crippen LogP contribution in [-0.4, -0.2) is 6.71 Å². The van der Waals surface area contributed by atoms with E-state index >= 15 is 0 Å². The van der Waals surface area contributed by atoms with Gasteiger partial charge in [0.15, 0.2) is 0 Å². The number of fused-ring (bicyclic) bond motifs is 7. The van der Waals surface area contributed by atoms with Gasteiger partial charge in [-0.05, 0) is 125 Å². The van der Waals surface area contributed by atoms with Gasteiger partial charge in [-0.1, -0.05) is 176 Å². The molecule has 0 saturated heterocycles. The summed E-state index contributed by atoms with van der Waals surface area (Å²) >= 11 is 0. The van der Waals surface area contributed by atoms with Crippen molar-refractivity contribution in [1.82, 2.24) is 0 Å². The summed E-state index contributed by atoms with van der Waals surface area (Å²) in [7, 11) is 0. The van der Waals surface area contributed by atoms with Crippen molar-refractivity contribution in [1.29, 1.82) is 0 Å². The predicted molar refractivity (Wildman–Crippen MR) is 268 cm³/mol. The quantitative estimate of drug-likeness (QED) is 0.123. The van der Waals surface area contributed by atoms with Gasteiger partial charge in [0.25, 0.3) is 6.71 Å².